The molecule has 52 heavy (non-hydrogen) atoms. The van der Waals surface area contributed by atoms with Gasteiger partial charge in [-0.25, -0.2) is 24.5 Å². The maximum atomic E-state index is 9.69. The summed E-state index contributed by atoms with van der Waals surface area (Å²) < 4.78 is 101. The number of hydrogen-bond acceptors (Lipinski definition) is 5. The lowest BCUT2D eigenvalue weighted by Crippen LogP contribution is -2.30. The molecule has 7 nitrogen and oxygen atoms in total. The second kappa shape index (κ2) is 12.8. The second-order valence-electron chi connectivity index (χ2n) is 13.6. The van der Waals surface area contributed by atoms with Crippen LogP contribution in [-0.4, -0.2) is 24.5 Å². The normalized spacial score (nSPS) is 17.8. The number of imidazole rings is 1. The number of rotatable bonds is 6. The van der Waals surface area contributed by atoms with Crippen molar-refractivity contribution in [3.8, 4) is 17.1 Å². The standard InChI is InChI=1S/C45H45N6O/c1-25(2)36-23-33(31-13-12-14-32(20-19-31)43-48-29(7)47-30(8)49-43)24-37(26(3)4)41(36)51-39-16-11-10-15-38(39)50(9)45(51)40-27(5)17-21-34-35-22-18-28(6)46-44(35)52-42(34)40/h10-13,15-26H,14H2,1-9H3/q+1/i6D3,7D3,8D3,25D,26D. The van der Waals surface area contributed by atoms with Gasteiger partial charge in [0.1, 0.15) is 22.9 Å². The molecule has 0 bridgehead atoms. The Morgan fingerprint density at radius 1 is 0.846 bits per heavy atom. The molecule has 0 atom stereocenters. The van der Waals surface area contributed by atoms with Crippen molar-refractivity contribution in [1.82, 2.24) is 24.5 Å². The van der Waals surface area contributed by atoms with Crippen LogP contribution in [0.4, 0.5) is 0 Å². The lowest BCUT2D eigenvalue weighted by molar-refractivity contribution is -0.633. The second-order valence-corrected chi connectivity index (χ2v) is 13.6. The van der Waals surface area contributed by atoms with Crippen LogP contribution in [0.1, 0.15) is 106 Å². The fourth-order valence-corrected chi connectivity index (χ4v) is 7.23. The summed E-state index contributed by atoms with van der Waals surface area (Å²) in [5.41, 5.74) is 7.78. The number of fused-ring (bicyclic) bond motifs is 4. The molecule has 4 aromatic heterocycles. The van der Waals surface area contributed by atoms with E-state index in [1.54, 1.807) is 12.1 Å². The van der Waals surface area contributed by atoms with E-state index in [-0.39, 0.29) is 23.7 Å². The Morgan fingerprint density at radius 3 is 2.29 bits per heavy atom. The smallest absolute Gasteiger partial charge is 0.299 e. The zero-order chi connectivity index (χ0) is 45.8. The van der Waals surface area contributed by atoms with Crippen LogP contribution in [0.5, 0.6) is 0 Å². The van der Waals surface area contributed by atoms with Gasteiger partial charge in [0.25, 0.3) is 5.82 Å². The van der Waals surface area contributed by atoms with E-state index in [2.05, 4.69) is 29.1 Å². The number of aromatic nitrogens is 6. The highest BCUT2D eigenvalue weighted by Gasteiger charge is 2.34. The molecule has 0 saturated heterocycles. The predicted octanol–water partition coefficient (Wildman–Crippen LogP) is 10.5. The van der Waals surface area contributed by atoms with Gasteiger partial charge >= 0.3 is 0 Å². The molecule has 0 amide bonds. The lowest BCUT2D eigenvalue weighted by Gasteiger charge is -2.21. The number of nitrogens with zero attached hydrogens (tertiary/aromatic N) is 6. The molecule has 7 aromatic rings. The fraction of sp³-hybridized carbons (Fsp3) is 0.267. The molecule has 1 aliphatic rings. The molecular weight excluding hydrogens is 641 g/mol. The van der Waals surface area contributed by atoms with Crippen molar-refractivity contribution in [2.75, 3.05) is 0 Å². The van der Waals surface area contributed by atoms with Gasteiger partial charge in [-0.2, -0.15) is 4.57 Å². The van der Waals surface area contributed by atoms with Crippen molar-refractivity contribution in [2.45, 2.75) is 73.4 Å². The summed E-state index contributed by atoms with van der Waals surface area (Å²) in [6, 6.07) is 19.0. The van der Waals surface area contributed by atoms with E-state index < -0.39 is 44.0 Å². The van der Waals surface area contributed by atoms with Crippen LogP contribution < -0.4 is 4.57 Å². The number of pyridine rings is 1. The van der Waals surface area contributed by atoms with Crippen LogP contribution in [0, 0.1) is 27.5 Å². The van der Waals surface area contributed by atoms with Crippen LogP contribution in [0.25, 0.3) is 61.3 Å². The van der Waals surface area contributed by atoms with Gasteiger partial charge in [0.05, 0.1) is 7.05 Å². The van der Waals surface area contributed by atoms with Gasteiger partial charge in [-0.15, -0.1) is 0 Å². The van der Waals surface area contributed by atoms with Crippen molar-refractivity contribution in [3.63, 3.8) is 0 Å². The Bertz CT molecular complexity index is 3030. The number of para-hydroxylation sites is 2. The Morgan fingerprint density at radius 2 is 1.58 bits per heavy atom. The molecule has 0 unspecified atom stereocenters. The number of allylic oxidation sites excluding steroid dienone is 6. The first kappa shape index (κ1) is 23.0. The van der Waals surface area contributed by atoms with Gasteiger partial charge in [-0.3, -0.25) is 0 Å². The molecule has 0 radical (unpaired) electrons. The van der Waals surface area contributed by atoms with Crippen LogP contribution >= 0.6 is 0 Å². The molecule has 8 rings (SSSR count). The average molecular weight is 697 g/mol. The van der Waals surface area contributed by atoms with Crippen molar-refractivity contribution in [1.29, 1.82) is 0 Å². The summed E-state index contributed by atoms with van der Waals surface area (Å²) in [4.78, 5) is 16.6. The van der Waals surface area contributed by atoms with E-state index in [4.69, 9.17) is 16.8 Å². The number of hydrogen-bond donors (Lipinski definition) is 0. The topological polar surface area (TPSA) is 73.5 Å². The zero-order valence-electron chi connectivity index (χ0n) is 40.9. The van der Waals surface area contributed by atoms with Crippen molar-refractivity contribution >= 4 is 44.2 Å². The van der Waals surface area contributed by atoms with Crippen molar-refractivity contribution in [3.05, 3.63) is 130 Å². The summed E-state index contributed by atoms with van der Waals surface area (Å²) in [5, 5.41) is 1.42. The van der Waals surface area contributed by atoms with E-state index in [1.165, 1.54) is 6.07 Å². The first-order chi connectivity index (χ1) is 29.2. The van der Waals surface area contributed by atoms with E-state index >= 15 is 0 Å². The van der Waals surface area contributed by atoms with Gasteiger partial charge in [-0.1, -0.05) is 76.3 Å². The predicted molar refractivity (Wildman–Crippen MR) is 212 cm³/mol. The third-order valence-electron chi connectivity index (χ3n) is 9.72. The minimum atomic E-state index is -2.76. The van der Waals surface area contributed by atoms with Crippen LogP contribution in [-0.2, 0) is 7.05 Å². The third-order valence-corrected chi connectivity index (χ3v) is 9.72. The fourth-order valence-electron chi connectivity index (χ4n) is 7.23. The first-order valence-corrected chi connectivity index (χ1v) is 17.1. The molecule has 260 valence electrons. The van der Waals surface area contributed by atoms with Crippen LogP contribution in [0.2, 0.25) is 0 Å². The van der Waals surface area contributed by atoms with E-state index in [0.717, 1.165) is 33.1 Å². The zero-order valence-corrected chi connectivity index (χ0v) is 29.9. The van der Waals surface area contributed by atoms with E-state index in [0.29, 0.717) is 44.7 Å². The summed E-state index contributed by atoms with van der Waals surface area (Å²) in [5.74, 6) is -2.99. The van der Waals surface area contributed by atoms with Crippen molar-refractivity contribution in [2.24, 2.45) is 7.05 Å². The maximum Gasteiger partial charge on any atom is 0.299 e. The van der Waals surface area contributed by atoms with Gasteiger partial charge in [0, 0.05) is 48.2 Å². The Kier molecular flexibility index (Phi) is 5.67. The molecule has 3 aromatic carbocycles. The Balaban J connectivity index is 1.39. The number of furan rings is 1. The minimum Gasteiger partial charge on any atom is -0.437 e. The third kappa shape index (κ3) is 5.56. The highest BCUT2D eigenvalue weighted by Crippen LogP contribution is 2.42. The molecule has 1 aliphatic carbocycles. The SMILES string of the molecule is [2H]C([2H])([2H])c1ccc2c(n1)oc1c(-c3n(-c4c(C([2H])(C)C)cc(C5=CC=C(c6nc(C([2H])([2H])[2H])nc(C([2H])([2H])[2H])n6)CC=C5)cc4C([2H])(C)C)c4ccccc4[n+]3C)c(C)ccc12. The van der Waals surface area contributed by atoms with Crippen LogP contribution in [0.3, 0.4) is 0 Å². The molecular formula is C45H45N6O+. The maximum absolute atomic E-state index is 9.69. The molecule has 0 aliphatic heterocycles. The summed E-state index contributed by atoms with van der Waals surface area (Å²) >= 11 is 0. The molecule has 0 fully saturated rings. The first-order valence-electron chi connectivity index (χ1n) is 22.6. The van der Waals surface area contributed by atoms with Gasteiger partial charge in [0.15, 0.2) is 22.4 Å². The molecule has 0 spiro atoms. The molecule has 0 saturated carbocycles. The van der Waals surface area contributed by atoms with Gasteiger partial charge < -0.3 is 4.42 Å². The Labute approximate surface area is 320 Å². The van der Waals surface area contributed by atoms with Crippen molar-refractivity contribution < 1.29 is 24.1 Å². The summed E-state index contributed by atoms with van der Waals surface area (Å²) in [7, 11) is 1.96. The molecule has 4 heterocycles. The summed E-state index contributed by atoms with van der Waals surface area (Å²) in [6.07, 6.45) is 7.55. The molecule has 7 heteroatoms. The number of benzene rings is 3. The Hall–Kier alpha value is -5.69. The van der Waals surface area contributed by atoms with Crippen LogP contribution in [0.15, 0.2) is 89.4 Å². The average Bonchev–Trinajstić information content (AvgIpc) is 3.57. The monoisotopic (exact) mass is 696 g/mol. The lowest BCUT2D eigenvalue weighted by atomic mass is 9.87. The van der Waals surface area contributed by atoms with Gasteiger partial charge in [-0.05, 0) is 98.8 Å². The minimum absolute atomic E-state index is 0.0520. The largest absolute Gasteiger partial charge is 0.437 e. The van der Waals surface area contributed by atoms with E-state index in [1.807, 2.05) is 108 Å². The van der Waals surface area contributed by atoms with E-state index in [9.17, 15) is 2.74 Å². The molecule has 0 N–H and O–H groups in total. The highest BCUT2D eigenvalue weighted by molar-refractivity contribution is 6.09. The quantitative estimate of drug-likeness (QED) is 0.162. The summed E-state index contributed by atoms with van der Waals surface area (Å²) in [6.45, 7) is 1.26. The highest BCUT2D eigenvalue weighted by atomic mass is 16.3. The van der Waals surface area contributed by atoms with Gasteiger partial charge in [0.2, 0.25) is 5.71 Å². The number of aryl methyl sites for hydroxylation is 5.